The van der Waals surface area contributed by atoms with E-state index in [0.29, 0.717) is 47.3 Å². The molecule has 2 N–H and O–H groups in total. The molecule has 0 radical (unpaired) electrons. The first-order valence-corrected chi connectivity index (χ1v) is 21.8. The van der Waals surface area contributed by atoms with Gasteiger partial charge in [0.05, 0.1) is 22.8 Å². The zero-order valence-electron chi connectivity index (χ0n) is 31.6. The summed E-state index contributed by atoms with van der Waals surface area (Å²) < 4.78 is 0. The van der Waals surface area contributed by atoms with Crippen molar-refractivity contribution in [3.05, 3.63) is 117 Å². The topological polar surface area (TPSA) is 57.4 Å². The highest BCUT2D eigenvalue weighted by Gasteiger charge is 2.43. The summed E-state index contributed by atoms with van der Waals surface area (Å²) in [4.78, 5) is 20.0. The summed E-state index contributed by atoms with van der Waals surface area (Å²) >= 11 is 0. The maximum atomic E-state index is 5.87. The summed E-state index contributed by atoms with van der Waals surface area (Å²) in [7, 11) is 0. The van der Waals surface area contributed by atoms with Crippen molar-refractivity contribution in [1.29, 1.82) is 0 Å². The second-order valence-electron chi connectivity index (χ2n) is 18.3. The predicted octanol–water partition coefficient (Wildman–Crippen LogP) is 12.5. The van der Waals surface area contributed by atoms with Gasteiger partial charge in [-0.05, 0) is 127 Å². The smallest absolute Gasteiger partial charge is 0.0732 e. The first-order chi connectivity index (χ1) is 26.7. The first-order valence-electron chi connectivity index (χ1n) is 21.8. The summed E-state index contributed by atoms with van der Waals surface area (Å²) in [5.41, 5.74) is 23.9. The van der Waals surface area contributed by atoms with Gasteiger partial charge >= 0.3 is 0 Å². The number of rotatable bonds is 5. The molecule has 0 amide bonds. The minimum atomic E-state index is 0.447. The normalized spacial score (nSPS) is 31.1. The van der Waals surface area contributed by atoms with Crippen LogP contribution in [0, 0.1) is 23.7 Å². The lowest BCUT2D eigenvalue weighted by Gasteiger charge is -2.34. The molecular weight excluding hydrogens is 657 g/mol. The SMILES string of the molecule is CCCCCCc1c2nc(cc3[nH]c(cc4[nH]c(cc5nc1C1=C5C5C=CC1CC5)c1c4C4C=CC1CC4)c1c3C3C=CC1CC3)C1=C2C2C=CC1CC2. The molecule has 8 unspecified atom stereocenters. The summed E-state index contributed by atoms with van der Waals surface area (Å²) in [6, 6.07) is 7.51. The number of hydrogen-bond donors (Lipinski definition) is 2. The van der Waals surface area contributed by atoms with Gasteiger partial charge in [-0.3, -0.25) is 0 Å². The Morgan fingerprint density at radius 1 is 0.444 bits per heavy atom. The Morgan fingerprint density at radius 2 is 0.815 bits per heavy atom. The fourth-order valence-electron chi connectivity index (χ4n) is 13.1. The van der Waals surface area contributed by atoms with Crippen molar-refractivity contribution >= 4 is 44.4 Å². The van der Waals surface area contributed by atoms with Crippen LogP contribution in [0.4, 0.5) is 0 Å². The van der Waals surface area contributed by atoms with Crippen LogP contribution in [-0.2, 0) is 6.42 Å². The van der Waals surface area contributed by atoms with Crippen LogP contribution in [0.3, 0.4) is 0 Å². The van der Waals surface area contributed by atoms with E-state index in [0.717, 1.165) is 6.42 Å². The highest BCUT2D eigenvalue weighted by Crippen LogP contribution is 2.57. The molecule has 2 aliphatic heterocycles. The Morgan fingerprint density at radius 3 is 1.20 bits per heavy atom. The third-order valence-electron chi connectivity index (χ3n) is 15.5. The van der Waals surface area contributed by atoms with Gasteiger partial charge in [0.2, 0.25) is 0 Å². The molecule has 0 saturated carbocycles. The average Bonchev–Trinajstić information content (AvgIpc) is 4.01. The van der Waals surface area contributed by atoms with Gasteiger partial charge in [0, 0.05) is 75.0 Å². The molecule has 0 saturated heterocycles. The van der Waals surface area contributed by atoms with E-state index in [1.165, 1.54) is 161 Å². The van der Waals surface area contributed by atoms with Crippen molar-refractivity contribution in [2.45, 2.75) is 114 Å². The van der Waals surface area contributed by atoms with E-state index in [-0.39, 0.29) is 0 Å². The molecular formula is C50H50N4. The summed E-state index contributed by atoms with van der Waals surface area (Å²) in [6.07, 6.45) is 36.1. The maximum Gasteiger partial charge on any atom is 0.0732 e. The summed E-state index contributed by atoms with van der Waals surface area (Å²) in [5, 5.41) is 0. The first kappa shape index (κ1) is 30.8. The van der Waals surface area contributed by atoms with Gasteiger partial charge in [-0.25, -0.2) is 9.97 Å². The third kappa shape index (κ3) is 4.15. The molecule has 17 rings (SSSR count). The third-order valence-corrected chi connectivity index (χ3v) is 15.5. The van der Waals surface area contributed by atoms with Crippen LogP contribution in [0.1, 0.15) is 158 Å². The lowest BCUT2D eigenvalue weighted by molar-refractivity contribution is 0.556. The molecule has 4 heteroatoms. The van der Waals surface area contributed by atoms with Crippen LogP contribution in [0.25, 0.3) is 44.4 Å². The van der Waals surface area contributed by atoms with E-state index >= 15 is 0 Å². The molecule has 270 valence electrons. The van der Waals surface area contributed by atoms with Crippen LogP contribution >= 0.6 is 0 Å². The predicted molar refractivity (Wildman–Crippen MR) is 221 cm³/mol. The van der Waals surface area contributed by atoms with E-state index in [2.05, 4.69) is 83.7 Å². The standard InChI is InChI=1S/C50H50N4/c1-2-3-4-5-6-34-49-47-32-19-15-30(16-20-32)45(47)39(53-49)24-37-43-28-11-7-26(8-12-28)41(43)35(51-37)23-36-42-27-9-13-29(14-10-27)44(42)38(52-36)25-40-46-31-17-21-33(22-18-31)48(46)50(34)54-40/h7,9,11,13,15,17,19,21,23-33,51-52H,2-6,8,10,12,14,16,18,20,22H2,1H3. The zero-order chi connectivity index (χ0) is 35.2. The van der Waals surface area contributed by atoms with Crippen LogP contribution in [0.5, 0.6) is 0 Å². The minimum Gasteiger partial charge on any atom is -0.355 e. The largest absolute Gasteiger partial charge is 0.355 e. The maximum absolute atomic E-state index is 5.87. The lowest BCUT2D eigenvalue weighted by atomic mass is 9.68. The Kier molecular flexibility index (Phi) is 6.46. The highest BCUT2D eigenvalue weighted by atomic mass is 14.8. The van der Waals surface area contributed by atoms with Gasteiger partial charge in [-0.1, -0.05) is 74.8 Å². The molecule has 8 atom stereocenters. The number of unbranched alkanes of at least 4 members (excludes halogenated alkanes) is 3. The van der Waals surface area contributed by atoms with Crippen molar-refractivity contribution in [2.75, 3.05) is 0 Å². The second-order valence-corrected chi connectivity index (χ2v) is 18.3. The van der Waals surface area contributed by atoms with Crippen molar-refractivity contribution in [2.24, 2.45) is 23.7 Å². The molecule has 0 fully saturated rings. The van der Waals surface area contributed by atoms with Gasteiger partial charge < -0.3 is 9.97 Å². The Bertz CT molecular complexity index is 2390. The number of allylic oxidation sites excluding steroid dienone is 12. The van der Waals surface area contributed by atoms with Crippen molar-refractivity contribution in [1.82, 2.24) is 19.9 Å². The van der Waals surface area contributed by atoms with E-state index in [9.17, 15) is 0 Å². The number of nitrogens with one attached hydrogen (secondary N) is 2. The van der Waals surface area contributed by atoms with Gasteiger partial charge in [-0.15, -0.1) is 0 Å². The molecule has 12 aliphatic carbocycles. The lowest BCUT2D eigenvalue weighted by Crippen LogP contribution is -2.20. The molecule has 16 bridgehead atoms. The number of fused-ring (bicyclic) bond motifs is 12. The van der Waals surface area contributed by atoms with Crippen LogP contribution in [-0.4, -0.2) is 19.9 Å². The van der Waals surface area contributed by atoms with E-state index in [4.69, 9.17) is 9.97 Å². The summed E-state index contributed by atoms with van der Waals surface area (Å²) in [5.74, 6) is 3.69. The Balaban J connectivity index is 1.18. The van der Waals surface area contributed by atoms with Gasteiger partial charge in [0.1, 0.15) is 0 Å². The second kappa shape index (κ2) is 11.3. The monoisotopic (exact) mass is 706 g/mol. The van der Waals surface area contributed by atoms with Crippen LogP contribution in [0.2, 0.25) is 0 Å². The van der Waals surface area contributed by atoms with E-state index in [1.807, 2.05) is 0 Å². The van der Waals surface area contributed by atoms with Crippen LogP contribution in [0.15, 0.2) is 66.8 Å². The van der Waals surface area contributed by atoms with E-state index in [1.54, 1.807) is 11.1 Å². The molecule has 14 aliphatic rings. The number of H-pyrrole nitrogens is 2. The molecule has 0 spiro atoms. The molecule has 5 heterocycles. The van der Waals surface area contributed by atoms with Gasteiger partial charge in [0.15, 0.2) is 0 Å². The Labute approximate surface area is 318 Å². The fraction of sp³-hybridized carbons (Fsp3) is 0.440. The molecule has 54 heavy (non-hydrogen) atoms. The molecule has 0 aromatic carbocycles. The molecule has 3 aromatic rings. The number of aromatic amines is 2. The quantitative estimate of drug-likeness (QED) is 0.205. The summed E-state index contributed by atoms with van der Waals surface area (Å²) in [6.45, 7) is 2.33. The zero-order valence-corrected chi connectivity index (χ0v) is 31.6. The number of hydrogen-bond acceptors (Lipinski definition) is 2. The molecule has 3 aromatic heterocycles. The van der Waals surface area contributed by atoms with Gasteiger partial charge in [-0.2, -0.15) is 0 Å². The Hall–Kier alpha value is -4.44. The highest BCUT2D eigenvalue weighted by molar-refractivity contribution is 6.02. The van der Waals surface area contributed by atoms with Crippen molar-refractivity contribution in [3.8, 4) is 0 Å². The van der Waals surface area contributed by atoms with Crippen molar-refractivity contribution < 1.29 is 0 Å². The van der Waals surface area contributed by atoms with E-state index < -0.39 is 0 Å². The van der Waals surface area contributed by atoms with Gasteiger partial charge in [0.25, 0.3) is 0 Å². The minimum absolute atomic E-state index is 0.447. The fourth-order valence-corrected chi connectivity index (χ4v) is 13.1. The number of aromatic nitrogens is 4. The van der Waals surface area contributed by atoms with Crippen molar-refractivity contribution in [3.63, 3.8) is 0 Å². The molecule has 4 nitrogen and oxygen atoms in total. The van der Waals surface area contributed by atoms with Crippen LogP contribution < -0.4 is 0 Å². The average molecular weight is 707 g/mol. The number of nitrogens with zero attached hydrogens (tertiary/aromatic N) is 2.